The normalized spacial score (nSPS) is 23.2. The largest absolute Gasteiger partial charge is 0.367 e. The molecule has 0 aromatic carbocycles. The summed E-state index contributed by atoms with van der Waals surface area (Å²) in [6.07, 6.45) is 3.92. The zero-order valence-electron chi connectivity index (χ0n) is 13.0. The minimum absolute atomic E-state index is 0.00842. The lowest BCUT2D eigenvalue weighted by molar-refractivity contribution is -0.180. The molecule has 0 unspecified atom stereocenters. The third-order valence-electron chi connectivity index (χ3n) is 3.34. The molecule has 0 spiro atoms. The summed E-state index contributed by atoms with van der Waals surface area (Å²) < 4.78 is 6.10. The average Bonchev–Trinajstić information content (AvgIpc) is 2.18. The van der Waals surface area contributed by atoms with Gasteiger partial charge in [-0.15, -0.1) is 0 Å². The fraction of sp³-hybridized carbons (Fsp3) is 1.00. The van der Waals surface area contributed by atoms with Crippen LogP contribution in [0.4, 0.5) is 0 Å². The predicted molar refractivity (Wildman–Crippen MR) is 78.1 cm³/mol. The molecule has 1 rings (SSSR count). The standard InChI is InChI=1S/C15H32N2O/c1-6-16-10-8-7-9-11-17-12-14(2,3)18-15(4,5)13-17/h16H,6-13H2,1-5H3. The van der Waals surface area contributed by atoms with E-state index in [4.69, 9.17) is 4.74 Å². The number of hydrogen-bond acceptors (Lipinski definition) is 3. The molecule has 0 atom stereocenters. The molecular weight excluding hydrogens is 224 g/mol. The first-order chi connectivity index (χ1) is 8.35. The van der Waals surface area contributed by atoms with Gasteiger partial charge in [0.05, 0.1) is 11.2 Å². The summed E-state index contributed by atoms with van der Waals surface area (Å²) in [6, 6.07) is 0. The highest BCUT2D eigenvalue weighted by atomic mass is 16.5. The van der Waals surface area contributed by atoms with Crippen molar-refractivity contribution in [3.05, 3.63) is 0 Å². The van der Waals surface area contributed by atoms with Gasteiger partial charge in [-0.3, -0.25) is 4.90 Å². The molecule has 1 saturated heterocycles. The Bertz CT molecular complexity index is 223. The summed E-state index contributed by atoms with van der Waals surface area (Å²) in [5.74, 6) is 0. The molecule has 1 aliphatic heterocycles. The maximum Gasteiger partial charge on any atom is 0.0760 e. The number of nitrogens with zero attached hydrogens (tertiary/aromatic N) is 1. The molecule has 1 heterocycles. The number of unbranched alkanes of at least 4 members (excludes halogenated alkanes) is 2. The summed E-state index contributed by atoms with van der Waals surface area (Å²) in [4.78, 5) is 2.57. The van der Waals surface area contributed by atoms with E-state index in [9.17, 15) is 0 Å². The molecule has 0 bridgehead atoms. The van der Waals surface area contributed by atoms with Crippen LogP contribution in [0, 0.1) is 0 Å². The number of rotatable bonds is 7. The molecule has 18 heavy (non-hydrogen) atoms. The zero-order chi connectivity index (χ0) is 13.6. The lowest BCUT2D eigenvalue weighted by atomic mass is 9.98. The smallest absolute Gasteiger partial charge is 0.0760 e. The molecule has 0 aliphatic carbocycles. The van der Waals surface area contributed by atoms with E-state index in [0.29, 0.717) is 0 Å². The van der Waals surface area contributed by atoms with Crippen LogP contribution >= 0.6 is 0 Å². The van der Waals surface area contributed by atoms with Gasteiger partial charge in [-0.2, -0.15) is 0 Å². The molecular formula is C15H32N2O. The zero-order valence-corrected chi connectivity index (χ0v) is 13.0. The van der Waals surface area contributed by atoms with Crippen molar-refractivity contribution in [2.45, 2.75) is 65.1 Å². The van der Waals surface area contributed by atoms with Crippen LogP contribution in [0.25, 0.3) is 0 Å². The Balaban J connectivity index is 2.21. The van der Waals surface area contributed by atoms with Gasteiger partial charge in [0, 0.05) is 13.1 Å². The van der Waals surface area contributed by atoms with Gasteiger partial charge in [-0.1, -0.05) is 13.3 Å². The number of nitrogens with one attached hydrogen (secondary N) is 1. The van der Waals surface area contributed by atoms with Crippen molar-refractivity contribution in [3.8, 4) is 0 Å². The van der Waals surface area contributed by atoms with Gasteiger partial charge in [-0.25, -0.2) is 0 Å². The SMILES string of the molecule is CCNCCCCCN1CC(C)(C)OC(C)(C)C1. The van der Waals surface area contributed by atoms with Crippen molar-refractivity contribution in [1.29, 1.82) is 0 Å². The highest BCUT2D eigenvalue weighted by Crippen LogP contribution is 2.28. The minimum atomic E-state index is -0.00842. The first kappa shape index (κ1) is 15.9. The van der Waals surface area contributed by atoms with Gasteiger partial charge < -0.3 is 10.1 Å². The second kappa shape index (κ2) is 6.88. The Kier molecular flexibility index (Phi) is 6.09. The van der Waals surface area contributed by atoms with E-state index in [1.165, 1.54) is 25.8 Å². The van der Waals surface area contributed by atoms with Gasteiger partial charge in [-0.05, 0) is 60.2 Å². The fourth-order valence-electron chi connectivity index (χ4n) is 3.04. The summed E-state index contributed by atoms with van der Waals surface area (Å²) in [5.41, 5.74) is -0.0168. The van der Waals surface area contributed by atoms with Crippen LogP contribution < -0.4 is 5.32 Å². The Morgan fingerprint density at radius 1 is 1.00 bits per heavy atom. The van der Waals surface area contributed by atoms with E-state index in [-0.39, 0.29) is 11.2 Å². The van der Waals surface area contributed by atoms with Gasteiger partial charge >= 0.3 is 0 Å². The Hall–Kier alpha value is -0.120. The quantitative estimate of drug-likeness (QED) is 0.709. The van der Waals surface area contributed by atoms with E-state index in [1.807, 2.05) is 0 Å². The maximum absolute atomic E-state index is 6.10. The van der Waals surface area contributed by atoms with Crippen LogP contribution in [-0.2, 0) is 4.74 Å². The van der Waals surface area contributed by atoms with Gasteiger partial charge in [0.15, 0.2) is 0 Å². The lowest BCUT2D eigenvalue weighted by Crippen LogP contribution is -2.57. The Morgan fingerprint density at radius 3 is 2.17 bits per heavy atom. The molecule has 0 aromatic heterocycles. The summed E-state index contributed by atoms with van der Waals surface area (Å²) >= 11 is 0. The molecule has 1 aliphatic rings. The van der Waals surface area contributed by atoms with Crippen LogP contribution in [0.1, 0.15) is 53.9 Å². The topological polar surface area (TPSA) is 24.5 Å². The Labute approximate surface area is 113 Å². The van der Waals surface area contributed by atoms with E-state index in [2.05, 4.69) is 44.8 Å². The monoisotopic (exact) mass is 256 g/mol. The lowest BCUT2D eigenvalue weighted by Gasteiger charge is -2.47. The van der Waals surface area contributed by atoms with Crippen LogP contribution in [-0.4, -0.2) is 48.8 Å². The number of ether oxygens (including phenoxy) is 1. The third kappa shape index (κ3) is 6.17. The second-order valence-corrected chi connectivity index (χ2v) is 6.75. The van der Waals surface area contributed by atoms with E-state index < -0.39 is 0 Å². The summed E-state index contributed by atoms with van der Waals surface area (Å²) in [7, 11) is 0. The van der Waals surface area contributed by atoms with Crippen molar-refractivity contribution < 1.29 is 4.74 Å². The molecule has 1 N–H and O–H groups in total. The average molecular weight is 256 g/mol. The van der Waals surface area contributed by atoms with Crippen molar-refractivity contribution >= 4 is 0 Å². The van der Waals surface area contributed by atoms with Crippen molar-refractivity contribution in [3.63, 3.8) is 0 Å². The molecule has 108 valence electrons. The predicted octanol–water partition coefficient (Wildman–Crippen LogP) is 2.66. The number of morpholine rings is 1. The van der Waals surface area contributed by atoms with Crippen LogP contribution in [0.3, 0.4) is 0 Å². The van der Waals surface area contributed by atoms with Crippen molar-refractivity contribution in [2.75, 3.05) is 32.7 Å². The summed E-state index contributed by atoms with van der Waals surface area (Å²) in [6.45, 7) is 16.5. The van der Waals surface area contributed by atoms with Crippen molar-refractivity contribution in [1.82, 2.24) is 10.2 Å². The van der Waals surface area contributed by atoms with Gasteiger partial charge in [0.1, 0.15) is 0 Å². The van der Waals surface area contributed by atoms with E-state index in [0.717, 1.165) is 26.2 Å². The number of hydrogen-bond donors (Lipinski definition) is 1. The highest BCUT2D eigenvalue weighted by molar-refractivity contribution is 4.88. The fourth-order valence-corrected chi connectivity index (χ4v) is 3.04. The highest BCUT2D eigenvalue weighted by Gasteiger charge is 2.37. The maximum atomic E-state index is 6.10. The van der Waals surface area contributed by atoms with Gasteiger partial charge in [0.2, 0.25) is 0 Å². The summed E-state index contributed by atoms with van der Waals surface area (Å²) in [5, 5.41) is 3.38. The first-order valence-corrected chi connectivity index (χ1v) is 7.48. The molecule has 0 amide bonds. The van der Waals surface area contributed by atoms with Crippen LogP contribution in [0.5, 0.6) is 0 Å². The molecule has 3 nitrogen and oxygen atoms in total. The molecule has 0 radical (unpaired) electrons. The third-order valence-corrected chi connectivity index (χ3v) is 3.34. The molecule has 1 fully saturated rings. The van der Waals surface area contributed by atoms with Crippen LogP contribution in [0.15, 0.2) is 0 Å². The van der Waals surface area contributed by atoms with Crippen molar-refractivity contribution in [2.24, 2.45) is 0 Å². The second-order valence-electron chi connectivity index (χ2n) is 6.75. The molecule has 3 heteroatoms. The Morgan fingerprint density at radius 2 is 1.61 bits per heavy atom. The minimum Gasteiger partial charge on any atom is -0.367 e. The van der Waals surface area contributed by atoms with Gasteiger partial charge in [0.25, 0.3) is 0 Å². The van der Waals surface area contributed by atoms with E-state index >= 15 is 0 Å². The van der Waals surface area contributed by atoms with Crippen LogP contribution in [0.2, 0.25) is 0 Å². The van der Waals surface area contributed by atoms with E-state index in [1.54, 1.807) is 0 Å². The molecule has 0 saturated carbocycles. The molecule has 0 aromatic rings. The first-order valence-electron chi connectivity index (χ1n) is 7.48.